The van der Waals surface area contributed by atoms with Gasteiger partial charge in [0, 0.05) is 4.47 Å². The molecule has 0 unspecified atom stereocenters. The van der Waals surface area contributed by atoms with E-state index in [1.54, 1.807) is 19.1 Å². The Labute approximate surface area is 404 Å². The molecule has 0 bridgehead atoms. The number of aromatic nitrogens is 15. The third kappa shape index (κ3) is 11.2. The zero-order valence-electron chi connectivity index (χ0n) is 35.8. The topological polar surface area (TPSA) is 383 Å². The van der Waals surface area contributed by atoms with Crippen molar-refractivity contribution in [2.75, 3.05) is 26.9 Å². The van der Waals surface area contributed by atoms with E-state index in [-0.39, 0.29) is 91.3 Å². The number of nitrogens with zero attached hydrogens (tertiary/aromatic N) is 9. The Balaban J connectivity index is 0.000000186. The van der Waals surface area contributed by atoms with Gasteiger partial charge in [0.15, 0.2) is 16.6 Å². The van der Waals surface area contributed by atoms with Crippen LogP contribution in [0.2, 0.25) is 0 Å². The molecule has 6 aromatic heterocycles. The van der Waals surface area contributed by atoms with E-state index in [0.717, 1.165) is 4.47 Å². The van der Waals surface area contributed by atoms with Gasteiger partial charge in [-0.25, -0.2) is 24.5 Å². The summed E-state index contributed by atoms with van der Waals surface area (Å²) < 4.78 is 22.1. The van der Waals surface area contributed by atoms with Gasteiger partial charge in [-0.05, 0) is 75.4 Å². The third-order valence-electron chi connectivity index (χ3n) is 8.82. The second-order valence-electron chi connectivity index (χ2n) is 12.9. The van der Waals surface area contributed by atoms with E-state index in [1.165, 1.54) is 31.4 Å². The first-order valence-corrected chi connectivity index (χ1v) is 19.9. The number of benzene rings is 3. The average Bonchev–Trinajstić information content (AvgIpc) is 4.10. The first-order chi connectivity index (χ1) is 31.4. The number of rotatable bonds is 11. The van der Waals surface area contributed by atoms with Crippen LogP contribution in [-0.2, 0) is 4.74 Å². The van der Waals surface area contributed by atoms with Crippen molar-refractivity contribution in [1.29, 1.82) is 0 Å². The Morgan fingerprint density at radius 3 is 1.30 bits per heavy atom. The number of carbonyl (C=O) groups excluding carboxylic acids is 1. The zero-order chi connectivity index (χ0) is 46.2. The number of halogens is 1. The number of hydrogen-bond acceptors (Lipinski definition) is 19. The monoisotopic (exact) mass is 991 g/mol. The fourth-order valence-corrected chi connectivity index (χ4v) is 6.32. The predicted octanol–water partition coefficient (Wildman–Crippen LogP) is 0.395. The fraction of sp³-hybridized carbons (Fsp3) is 0.179. The minimum Gasteiger partial charge on any atom is -0.870 e. The molecule has 0 saturated carbocycles. The van der Waals surface area contributed by atoms with Gasteiger partial charge < -0.3 is 44.5 Å². The van der Waals surface area contributed by atoms with E-state index in [4.69, 9.17) is 24.1 Å². The summed E-state index contributed by atoms with van der Waals surface area (Å²) in [7, 11) is 1.30. The van der Waals surface area contributed by atoms with Gasteiger partial charge in [0.2, 0.25) is 16.9 Å². The summed E-state index contributed by atoms with van der Waals surface area (Å²) in [4.78, 5) is 79.1. The van der Waals surface area contributed by atoms with E-state index in [1.807, 2.05) is 32.0 Å². The second kappa shape index (κ2) is 22.5. The van der Waals surface area contributed by atoms with Crippen molar-refractivity contribution < 1.29 is 68.7 Å². The van der Waals surface area contributed by atoms with Crippen LogP contribution in [0.1, 0.15) is 41.5 Å². The maximum atomic E-state index is 12.0. The molecular formula is C39H35BrN15NaO11. The number of carboxylic acid groups (broad SMARTS) is 1. The normalized spacial score (nSPS) is 10.5. The number of aromatic amines is 6. The molecule has 6 heterocycles. The summed E-state index contributed by atoms with van der Waals surface area (Å²) in [5, 5.41) is 38.7. The van der Waals surface area contributed by atoms with Crippen molar-refractivity contribution in [2.45, 2.75) is 20.8 Å². The summed E-state index contributed by atoms with van der Waals surface area (Å²) in [6.45, 7) is 6.71. The predicted molar refractivity (Wildman–Crippen MR) is 235 cm³/mol. The van der Waals surface area contributed by atoms with Gasteiger partial charge in [-0.3, -0.25) is 14.4 Å². The molecule has 0 amide bonds. The second-order valence-corrected chi connectivity index (χ2v) is 13.8. The van der Waals surface area contributed by atoms with Gasteiger partial charge >= 0.3 is 41.5 Å². The van der Waals surface area contributed by atoms with E-state index >= 15 is 0 Å². The number of methoxy groups -OCH3 is 1. The van der Waals surface area contributed by atoms with Gasteiger partial charge in [0.1, 0.15) is 34.7 Å². The number of H-pyrrole nitrogens is 6. The Kier molecular flexibility index (Phi) is 16.9. The van der Waals surface area contributed by atoms with Crippen LogP contribution >= 0.6 is 15.9 Å². The molecule has 9 rings (SSSR count). The SMILES string of the molecule is CCOc1cc(Br)ccc1-c1nc2n[nH]nc2c(=O)[nH]1.CCOc1cc(C(=O)O)ccc1-c1nc2n[nH]nc2c(=O)[nH]1.CCOc1cc(C(=O)OC)ccc1-c1nc2n[nH]nc2c(=O)[nH]1.[Na+].[OH-]. The van der Waals surface area contributed by atoms with Crippen LogP contribution in [0.4, 0.5) is 0 Å². The Morgan fingerprint density at radius 2 is 0.925 bits per heavy atom. The largest absolute Gasteiger partial charge is 1.00 e. The van der Waals surface area contributed by atoms with Crippen LogP contribution in [0.5, 0.6) is 17.2 Å². The van der Waals surface area contributed by atoms with E-state index in [2.05, 4.69) is 92.1 Å². The molecule has 28 heteroatoms. The number of aromatic carboxylic acids is 1. The van der Waals surface area contributed by atoms with Crippen molar-refractivity contribution in [3.63, 3.8) is 0 Å². The summed E-state index contributed by atoms with van der Waals surface area (Å²) in [5.74, 6) is 0.699. The van der Waals surface area contributed by atoms with Crippen molar-refractivity contribution >= 4 is 61.4 Å². The maximum Gasteiger partial charge on any atom is 1.00 e. The van der Waals surface area contributed by atoms with Crippen LogP contribution in [0.15, 0.2) is 73.5 Å². The minimum atomic E-state index is -1.07. The van der Waals surface area contributed by atoms with Crippen molar-refractivity contribution in [3.8, 4) is 51.4 Å². The van der Waals surface area contributed by atoms with Crippen molar-refractivity contribution in [1.82, 2.24) is 76.1 Å². The van der Waals surface area contributed by atoms with E-state index in [9.17, 15) is 24.0 Å². The quantitative estimate of drug-likeness (QED) is 0.0681. The molecule has 0 spiro atoms. The van der Waals surface area contributed by atoms with E-state index in [0.29, 0.717) is 65.1 Å². The molecule has 0 radical (unpaired) electrons. The number of esters is 1. The summed E-state index contributed by atoms with van der Waals surface area (Å²) in [5.41, 5.74) is 1.95. The van der Waals surface area contributed by atoms with Gasteiger partial charge in [0.25, 0.3) is 16.7 Å². The first kappa shape index (κ1) is 50.3. The molecule has 0 saturated heterocycles. The molecule has 67 heavy (non-hydrogen) atoms. The smallest absolute Gasteiger partial charge is 0.870 e. The zero-order valence-corrected chi connectivity index (χ0v) is 39.4. The molecular weight excluding hydrogens is 957 g/mol. The van der Waals surface area contributed by atoms with E-state index < -0.39 is 23.1 Å². The van der Waals surface area contributed by atoms with Crippen LogP contribution in [0.3, 0.4) is 0 Å². The maximum absolute atomic E-state index is 12.0. The summed E-state index contributed by atoms with van der Waals surface area (Å²) in [6.07, 6.45) is 0. The summed E-state index contributed by atoms with van der Waals surface area (Å²) >= 11 is 3.39. The Hall–Kier alpha value is -7.72. The molecule has 8 N–H and O–H groups in total. The average molecular weight is 993 g/mol. The molecule has 0 atom stereocenters. The molecule has 0 aliphatic heterocycles. The van der Waals surface area contributed by atoms with Crippen LogP contribution in [0.25, 0.3) is 67.7 Å². The number of carbonyl (C=O) groups is 2. The van der Waals surface area contributed by atoms with Crippen LogP contribution in [0, 0.1) is 0 Å². The van der Waals surface area contributed by atoms with Crippen LogP contribution < -0.4 is 60.4 Å². The number of nitrogens with one attached hydrogen (secondary N) is 6. The number of fused-ring (bicyclic) bond motifs is 3. The number of ether oxygens (including phenoxy) is 4. The third-order valence-corrected chi connectivity index (χ3v) is 9.32. The molecule has 0 aliphatic rings. The van der Waals surface area contributed by atoms with Gasteiger partial charge in [-0.15, -0.1) is 30.6 Å². The molecule has 9 aromatic rings. The molecule has 26 nitrogen and oxygen atoms in total. The van der Waals surface area contributed by atoms with Crippen LogP contribution in [-0.4, -0.2) is 126 Å². The Bertz CT molecular complexity index is 3390. The van der Waals surface area contributed by atoms with Crippen molar-refractivity contribution in [2.24, 2.45) is 0 Å². The molecule has 0 aliphatic carbocycles. The Morgan fingerprint density at radius 1 is 0.567 bits per heavy atom. The molecule has 0 fully saturated rings. The summed E-state index contributed by atoms with van der Waals surface area (Å²) in [6, 6.07) is 14.5. The molecule has 340 valence electrons. The minimum absolute atomic E-state index is 0. The number of carboxylic acids is 1. The first-order valence-electron chi connectivity index (χ1n) is 19.1. The van der Waals surface area contributed by atoms with Gasteiger partial charge in [-0.2, -0.15) is 15.6 Å². The van der Waals surface area contributed by atoms with Gasteiger partial charge in [-0.1, -0.05) is 15.9 Å². The fourth-order valence-electron chi connectivity index (χ4n) is 5.98. The molecule has 3 aromatic carbocycles. The standard InChI is InChI=1S/C14H13N5O4.C13H11N5O4.C12H10BrN5O2.Na.H2O/c1-3-23-9-6-7(14(21)22-2)4-5-8(9)11-15-12-10(13(20)16-11)17-19-18-12;1-2-22-8-5-6(13(20)21)3-4-7(8)10-14-11-9(12(19)15-10)16-18-17-11;1-2-20-8-5-6(13)3-4-7(8)10-14-11-9(12(19)15-10)16-18-17-11;;/h4-6H,3H2,1-2H3,(H2,15,16,17,18,19,20);3-5H,2H2,1H3,(H,20,21)(H2,14,15,16,17,18,19);3-5H,2H2,1H3,(H2,14,15,16,17,18,19);;1H2/q;;;+1;/p-1. The van der Waals surface area contributed by atoms with Crippen molar-refractivity contribution in [3.05, 3.63) is 101 Å². The number of hydrogen-bond donors (Lipinski definition) is 7. The van der Waals surface area contributed by atoms with Gasteiger partial charge in [0.05, 0.1) is 54.7 Å².